The second-order valence-electron chi connectivity index (χ2n) is 4.17. The van der Waals surface area contributed by atoms with Gasteiger partial charge in [-0.15, -0.1) is 0 Å². The molecular weight excluding hydrogens is 358 g/mol. The number of imidazole rings is 1. The molecule has 0 spiro atoms. The monoisotopic (exact) mass is 365 g/mol. The number of aromatic nitrogens is 5. The van der Waals surface area contributed by atoms with E-state index in [1.54, 1.807) is 23.3 Å². The zero-order valence-corrected chi connectivity index (χ0v) is 13.2. The first-order valence-electron chi connectivity index (χ1n) is 5.96. The van der Waals surface area contributed by atoms with Crippen LogP contribution in [0, 0.1) is 6.92 Å². The van der Waals surface area contributed by atoms with Crippen molar-refractivity contribution in [3.05, 3.63) is 52.2 Å². The van der Waals surface area contributed by atoms with Gasteiger partial charge in [-0.1, -0.05) is 15.9 Å². The van der Waals surface area contributed by atoms with Gasteiger partial charge in [-0.25, -0.2) is 4.98 Å². The van der Waals surface area contributed by atoms with Gasteiger partial charge < -0.3 is 4.74 Å². The van der Waals surface area contributed by atoms with Crippen LogP contribution in [-0.4, -0.2) is 24.5 Å². The highest BCUT2D eigenvalue weighted by atomic mass is 79.9. The molecule has 106 valence electrons. The summed E-state index contributed by atoms with van der Waals surface area (Å²) in [7, 11) is 0. The van der Waals surface area contributed by atoms with E-state index in [1.807, 2.05) is 25.1 Å². The first-order chi connectivity index (χ1) is 10.1. The maximum atomic E-state index is 5.91. The lowest BCUT2D eigenvalue weighted by atomic mass is 10.2. The molecule has 0 aliphatic heterocycles. The second-order valence-corrected chi connectivity index (χ2v) is 5.42. The van der Waals surface area contributed by atoms with Gasteiger partial charge in [0.25, 0.3) is 0 Å². The standard InChI is InChI=1S/C13H9BrClN5O/c1-8-6-9(14)2-3-10(8)21-13-18-11(15)17-12(19-13)20-5-4-16-7-20/h2-7H,1H3. The summed E-state index contributed by atoms with van der Waals surface area (Å²) in [5.41, 5.74) is 0.949. The Morgan fingerprint density at radius 3 is 2.81 bits per heavy atom. The SMILES string of the molecule is Cc1cc(Br)ccc1Oc1nc(Cl)nc(-n2ccnc2)n1. The average molecular weight is 367 g/mol. The van der Waals surface area contributed by atoms with Crippen molar-refractivity contribution in [2.45, 2.75) is 6.92 Å². The van der Waals surface area contributed by atoms with Gasteiger partial charge in [0, 0.05) is 16.9 Å². The lowest BCUT2D eigenvalue weighted by Gasteiger charge is -2.08. The van der Waals surface area contributed by atoms with Crippen LogP contribution in [0.4, 0.5) is 0 Å². The Bertz CT molecular complexity index is 778. The first kappa shape index (κ1) is 14.0. The number of halogens is 2. The zero-order valence-electron chi connectivity index (χ0n) is 10.9. The van der Waals surface area contributed by atoms with E-state index in [2.05, 4.69) is 35.9 Å². The van der Waals surface area contributed by atoms with E-state index in [0.29, 0.717) is 11.7 Å². The molecule has 0 fully saturated rings. The number of ether oxygens (including phenoxy) is 1. The fraction of sp³-hybridized carbons (Fsp3) is 0.0769. The van der Waals surface area contributed by atoms with Crippen LogP contribution in [-0.2, 0) is 0 Å². The molecule has 0 atom stereocenters. The smallest absolute Gasteiger partial charge is 0.328 e. The van der Waals surface area contributed by atoms with Gasteiger partial charge in [0.1, 0.15) is 12.1 Å². The van der Waals surface area contributed by atoms with Crippen LogP contribution in [0.2, 0.25) is 5.28 Å². The molecule has 0 unspecified atom stereocenters. The highest BCUT2D eigenvalue weighted by molar-refractivity contribution is 9.10. The van der Waals surface area contributed by atoms with Gasteiger partial charge in [0.05, 0.1) is 0 Å². The van der Waals surface area contributed by atoms with Crippen LogP contribution in [0.15, 0.2) is 41.4 Å². The zero-order chi connectivity index (χ0) is 14.8. The van der Waals surface area contributed by atoms with Crippen molar-refractivity contribution in [1.29, 1.82) is 0 Å². The van der Waals surface area contributed by atoms with Gasteiger partial charge in [-0.05, 0) is 42.3 Å². The number of hydrogen-bond acceptors (Lipinski definition) is 5. The van der Waals surface area contributed by atoms with Crippen molar-refractivity contribution in [2.75, 3.05) is 0 Å². The number of benzene rings is 1. The third-order valence-electron chi connectivity index (χ3n) is 2.65. The summed E-state index contributed by atoms with van der Waals surface area (Å²) in [5.74, 6) is 0.995. The van der Waals surface area contributed by atoms with Crippen LogP contribution >= 0.6 is 27.5 Å². The summed E-state index contributed by atoms with van der Waals surface area (Å²) in [5, 5.41) is 0.0541. The summed E-state index contributed by atoms with van der Waals surface area (Å²) in [6.45, 7) is 1.93. The summed E-state index contributed by atoms with van der Waals surface area (Å²) in [4.78, 5) is 16.2. The molecule has 0 amide bonds. The van der Waals surface area contributed by atoms with Crippen molar-refractivity contribution < 1.29 is 4.74 Å². The number of nitrogens with zero attached hydrogens (tertiary/aromatic N) is 5. The molecule has 0 bridgehead atoms. The minimum absolute atomic E-state index is 0.0541. The van der Waals surface area contributed by atoms with E-state index in [9.17, 15) is 0 Å². The van der Waals surface area contributed by atoms with Crippen molar-refractivity contribution in [1.82, 2.24) is 24.5 Å². The fourth-order valence-corrected chi connectivity index (χ4v) is 2.31. The minimum Gasteiger partial charge on any atom is -0.424 e. The van der Waals surface area contributed by atoms with Crippen LogP contribution in [0.25, 0.3) is 5.95 Å². The van der Waals surface area contributed by atoms with Crippen LogP contribution in [0.5, 0.6) is 11.8 Å². The van der Waals surface area contributed by atoms with E-state index >= 15 is 0 Å². The predicted molar refractivity (Wildman–Crippen MR) is 80.9 cm³/mol. The second kappa shape index (κ2) is 5.79. The molecule has 3 aromatic rings. The fourth-order valence-electron chi connectivity index (χ4n) is 1.69. The molecule has 0 N–H and O–H groups in total. The number of rotatable bonds is 3. The Labute approximate surface area is 133 Å². The molecule has 0 radical (unpaired) electrons. The largest absolute Gasteiger partial charge is 0.424 e. The summed E-state index contributed by atoms with van der Waals surface area (Å²) < 4.78 is 8.27. The average Bonchev–Trinajstić information content (AvgIpc) is 2.95. The highest BCUT2D eigenvalue weighted by Gasteiger charge is 2.10. The van der Waals surface area contributed by atoms with E-state index in [4.69, 9.17) is 16.3 Å². The van der Waals surface area contributed by atoms with Crippen LogP contribution < -0.4 is 4.74 Å². The van der Waals surface area contributed by atoms with Gasteiger partial charge in [-0.3, -0.25) is 4.57 Å². The lowest BCUT2D eigenvalue weighted by molar-refractivity contribution is 0.435. The van der Waals surface area contributed by atoms with Crippen LogP contribution in [0.3, 0.4) is 0 Å². The molecule has 3 rings (SSSR count). The summed E-state index contributed by atoms with van der Waals surface area (Å²) >= 11 is 9.32. The Kier molecular flexibility index (Phi) is 3.85. The Balaban J connectivity index is 1.95. The molecule has 2 heterocycles. The van der Waals surface area contributed by atoms with Crippen molar-refractivity contribution in [2.24, 2.45) is 0 Å². The maximum Gasteiger partial charge on any atom is 0.328 e. The van der Waals surface area contributed by atoms with Crippen molar-refractivity contribution in [3.63, 3.8) is 0 Å². The number of hydrogen-bond donors (Lipinski definition) is 0. The molecular formula is C13H9BrClN5O. The van der Waals surface area contributed by atoms with Gasteiger partial charge in [-0.2, -0.15) is 15.0 Å². The molecule has 21 heavy (non-hydrogen) atoms. The van der Waals surface area contributed by atoms with E-state index in [0.717, 1.165) is 10.0 Å². The highest BCUT2D eigenvalue weighted by Crippen LogP contribution is 2.26. The third-order valence-corrected chi connectivity index (χ3v) is 3.31. The first-order valence-corrected chi connectivity index (χ1v) is 7.13. The van der Waals surface area contributed by atoms with Gasteiger partial charge in [0.15, 0.2) is 0 Å². The van der Waals surface area contributed by atoms with E-state index in [-0.39, 0.29) is 11.3 Å². The molecule has 0 saturated carbocycles. The quantitative estimate of drug-likeness (QED) is 0.709. The molecule has 0 saturated heterocycles. The normalized spacial score (nSPS) is 10.6. The third kappa shape index (κ3) is 3.20. The molecule has 0 aliphatic rings. The summed E-state index contributed by atoms with van der Waals surface area (Å²) in [6.07, 6.45) is 4.90. The topological polar surface area (TPSA) is 65.7 Å². The Morgan fingerprint density at radius 1 is 1.24 bits per heavy atom. The number of aryl methyl sites for hydroxylation is 1. The van der Waals surface area contributed by atoms with E-state index in [1.165, 1.54) is 0 Å². The lowest BCUT2D eigenvalue weighted by Crippen LogP contribution is -2.03. The molecule has 0 aliphatic carbocycles. The molecule has 8 heteroatoms. The summed E-state index contributed by atoms with van der Waals surface area (Å²) in [6, 6.07) is 5.77. The molecule has 2 aromatic heterocycles. The molecule has 6 nitrogen and oxygen atoms in total. The van der Waals surface area contributed by atoms with Crippen LogP contribution in [0.1, 0.15) is 5.56 Å². The Hall–Kier alpha value is -1.99. The van der Waals surface area contributed by atoms with Crippen molar-refractivity contribution >= 4 is 27.5 Å². The Morgan fingerprint density at radius 2 is 2.10 bits per heavy atom. The van der Waals surface area contributed by atoms with Crippen molar-refractivity contribution in [3.8, 4) is 17.7 Å². The van der Waals surface area contributed by atoms with E-state index < -0.39 is 0 Å². The predicted octanol–water partition coefficient (Wildman–Crippen LogP) is 3.57. The molecule has 1 aromatic carbocycles. The van der Waals surface area contributed by atoms with Gasteiger partial charge >= 0.3 is 6.01 Å². The van der Waals surface area contributed by atoms with Gasteiger partial charge in [0.2, 0.25) is 11.2 Å². The maximum absolute atomic E-state index is 5.91. The minimum atomic E-state index is 0.0541.